The molecule has 0 bridgehead atoms. The van der Waals surface area contributed by atoms with Gasteiger partial charge in [0, 0.05) is 17.9 Å². The van der Waals surface area contributed by atoms with E-state index in [-0.39, 0.29) is 11.5 Å². The van der Waals surface area contributed by atoms with E-state index in [1.165, 1.54) is 19.2 Å². The van der Waals surface area contributed by atoms with Crippen LogP contribution in [0.2, 0.25) is 0 Å². The standard InChI is InChI=1S/C14H19BrFNO2/c1-10(9-15)4-3-7-17-14(18)12-6-5-11(19-2)8-13(12)16/h5-6,8,10H,3-4,7,9H2,1-2H3,(H,17,18). The van der Waals surface area contributed by atoms with Gasteiger partial charge < -0.3 is 10.1 Å². The van der Waals surface area contributed by atoms with E-state index in [1.54, 1.807) is 6.07 Å². The molecule has 1 rings (SSSR count). The van der Waals surface area contributed by atoms with Crippen molar-refractivity contribution in [2.24, 2.45) is 5.92 Å². The summed E-state index contributed by atoms with van der Waals surface area (Å²) in [5.74, 6) is 0.0344. The lowest BCUT2D eigenvalue weighted by Gasteiger charge is -2.09. The topological polar surface area (TPSA) is 38.3 Å². The summed E-state index contributed by atoms with van der Waals surface area (Å²) in [6.45, 7) is 2.70. The van der Waals surface area contributed by atoms with Crippen molar-refractivity contribution in [2.75, 3.05) is 19.0 Å². The molecule has 3 nitrogen and oxygen atoms in total. The summed E-state index contributed by atoms with van der Waals surface area (Å²) in [6.07, 6.45) is 1.91. The van der Waals surface area contributed by atoms with Gasteiger partial charge in [-0.05, 0) is 30.9 Å². The lowest BCUT2D eigenvalue weighted by molar-refractivity contribution is 0.0948. The zero-order chi connectivity index (χ0) is 14.3. The Hall–Kier alpha value is -1.10. The van der Waals surface area contributed by atoms with Gasteiger partial charge in [0.1, 0.15) is 11.6 Å². The molecule has 0 aliphatic heterocycles. The Labute approximate surface area is 121 Å². The summed E-state index contributed by atoms with van der Waals surface area (Å²) < 4.78 is 18.5. The fourth-order valence-electron chi connectivity index (χ4n) is 1.63. The van der Waals surface area contributed by atoms with Crippen LogP contribution in [0, 0.1) is 11.7 Å². The lowest BCUT2D eigenvalue weighted by Crippen LogP contribution is -2.25. The van der Waals surface area contributed by atoms with Gasteiger partial charge in [-0.3, -0.25) is 4.79 Å². The second-order valence-corrected chi connectivity index (χ2v) is 5.15. The number of alkyl halides is 1. The van der Waals surface area contributed by atoms with Gasteiger partial charge in [-0.2, -0.15) is 0 Å². The van der Waals surface area contributed by atoms with Crippen molar-refractivity contribution in [3.8, 4) is 5.75 Å². The molecule has 0 saturated carbocycles. The first-order valence-electron chi connectivity index (χ1n) is 6.26. The normalized spacial score (nSPS) is 12.0. The van der Waals surface area contributed by atoms with Crippen LogP contribution in [0.1, 0.15) is 30.1 Å². The van der Waals surface area contributed by atoms with Crippen molar-refractivity contribution in [3.63, 3.8) is 0 Å². The third-order valence-electron chi connectivity index (χ3n) is 2.84. The number of ether oxygens (including phenoxy) is 1. The first-order chi connectivity index (χ1) is 9.08. The van der Waals surface area contributed by atoms with E-state index in [0.29, 0.717) is 18.2 Å². The lowest BCUT2D eigenvalue weighted by atomic mass is 10.1. The van der Waals surface area contributed by atoms with Crippen molar-refractivity contribution in [3.05, 3.63) is 29.6 Å². The second-order valence-electron chi connectivity index (χ2n) is 4.50. The molecule has 5 heteroatoms. The van der Waals surface area contributed by atoms with E-state index >= 15 is 0 Å². The summed E-state index contributed by atoms with van der Waals surface area (Å²) >= 11 is 3.41. The van der Waals surface area contributed by atoms with Gasteiger partial charge in [-0.25, -0.2) is 4.39 Å². The molecule has 0 radical (unpaired) electrons. The number of nitrogens with one attached hydrogen (secondary N) is 1. The molecule has 0 aliphatic rings. The first kappa shape index (κ1) is 16.0. The van der Waals surface area contributed by atoms with Gasteiger partial charge in [0.2, 0.25) is 0 Å². The number of carbonyl (C=O) groups is 1. The molecule has 0 aromatic heterocycles. The number of benzene rings is 1. The Morgan fingerprint density at radius 2 is 2.26 bits per heavy atom. The molecule has 0 spiro atoms. The molecule has 1 aromatic rings. The molecule has 1 atom stereocenters. The van der Waals surface area contributed by atoms with Crippen molar-refractivity contribution in [2.45, 2.75) is 19.8 Å². The molecular formula is C14H19BrFNO2. The van der Waals surface area contributed by atoms with E-state index in [0.717, 1.165) is 18.2 Å². The van der Waals surface area contributed by atoms with Crippen LogP contribution in [0.3, 0.4) is 0 Å². The summed E-state index contributed by atoms with van der Waals surface area (Å²) in [5.41, 5.74) is 0.0503. The number of hydrogen-bond acceptors (Lipinski definition) is 2. The number of halogens is 2. The van der Waals surface area contributed by atoms with Crippen LogP contribution < -0.4 is 10.1 Å². The largest absolute Gasteiger partial charge is 0.497 e. The molecule has 1 aromatic carbocycles. The zero-order valence-corrected chi connectivity index (χ0v) is 12.8. The van der Waals surface area contributed by atoms with Gasteiger partial charge in [-0.15, -0.1) is 0 Å². The number of rotatable bonds is 7. The summed E-state index contributed by atoms with van der Waals surface area (Å²) in [7, 11) is 1.46. The SMILES string of the molecule is COc1ccc(C(=O)NCCCC(C)CBr)c(F)c1. The highest BCUT2D eigenvalue weighted by atomic mass is 79.9. The second kappa shape index (κ2) is 8.15. The molecule has 0 heterocycles. The van der Waals surface area contributed by atoms with Gasteiger partial charge in [0.05, 0.1) is 12.7 Å². The summed E-state index contributed by atoms with van der Waals surface area (Å²) in [5, 5.41) is 3.67. The van der Waals surface area contributed by atoms with Crippen LogP contribution in [0.25, 0.3) is 0 Å². The summed E-state index contributed by atoms with van der Waals surface area (Å²) in [6, 6.07) is 4.22. The van der Waals surface area contributed by atoms with Crippen LogP contribution in [0.4, 0.5) is 4.39 Å². The molecule has 1 amide bonds. The molecule has 0 aliphatic carbocycles. The van der Waals surface area contributed by atoms with Gasteiger partial charge in [-0.1, -0.05) is 22.9 Å². The first-order valence-corrected chi connectivity index (χ1v) is 7.38. The molecule has 106 valence electrons. The maximum Gasteiger partial charge on any atom is 0.254 e. The van der Waals surface area contributed by atoms with Crippen LogP contribution >= 0.6 is 15.9 Å². The highest BCUT2D eigenvalue weighted by Gasteiger charge is 2.12. The van der Waals surface area contributed by atoms with E-state index in [1.807, 2.05) is 0 Å². The third kappa shape index (κ3) is 5.19. The van der Waals surface area contributed by atoms with Crippen molar-refractivity contribution in [1.82, 2.24) is 5.32 Å². The number of amides is 1. The highest BCUT2D eigenvalue weighted by molar-refractivity contribution is 9.09. The third-order valence-corrected chi connectivity index (χ3v) is 3.95. The Balaban J connectivity index is 2.45. The highest BCUT2D eigenvalue weighted by Crippen LogP contribution is 2.16. The van der Waals surface area contributed by atoms with Crippen LogP contribution in [0.5, 0.6) is 5.75 Å². The number of hydrogen-bond donors (Lipinski definition) is 1. The maximum absolute atomic E-state index is 13.6. The average Bonchev–Trinajstić information content (AvgIpc) is 2.42. The molecular weight excluding hydrogens is 313 g/mol. The zero-order valence-electron chi connectivity index (χ0n) is 11.2. The Bertz CT molecular complexity index is 426. The number of methoxy groups -OCH3 is 1. The predicted molar refractivity (Wildman–Crippen MR) is 77.5 cm³/mol. The Morgan fingerprint density at radius 3 is 2.84 bits per heavy atom. The molecule has 0 saturated heterocycles. The van der Waals surface area contributed by atoms with Gasteiger partial charge in [0.15, 0.2) is 0 Å². The van der Waals surface area contributed by atoms with Crippen LogP contribution in [-0.2, 0) is 0 Å². The van der Waals surface area contributed by atoms with E-state index in [9.17, 15) is 9.18 Å². The fraction of sp³-hybridized carbons (Fsp3) is 0.500. The predicted octanol–water partition coefficient (Wildman–Crippen LogP) is 3.38. The fourth-order valence-corrected chi connectivity index (χ4v) is 1.96. The van der Waals surface area contributed by atoms with Crippen molar-refractivity contribution < 1.29 is 13.9 Å². The van der Waals surface area contributed by atoms with Crippen LogP contribution in [0.15, 0.2) is 18.2 Å². The van der Waals surface area contributed by atoms with Crippen LogP contribution in [-0.4, -0.2) is 24.9 Å². The van der Waals surface area contributed by atoms with Crippen molar-refractivity contribution in [1.29, 1.82) is 0 Å². The minimum absolute atomic E-state index is 0.0503. The average molecular weight is 332 g/mol. The smallest absolute Gasteiger partial charge is 0.254 e. The number of carbonyl (C=O) groups excluding carboxylic acids is 1. The molecule has 1 N–H and O–H groups in total. The van der Waals surface area contributed by atoms with E-state index < -0.39 is 5.82 Å². The minimum Gasteiger partial charge on any atom is -0.497 e. The van der Waals surface area contributed by atoms with E-state index in [4.69, 9.17) is 4.74 Å². The van der Waals surface area contributed by atoms with Gasteiger partial charge >= 0.3 is 0 Å². The molecule has 1 unspecified atom stereocenters. The maximum atomic E-state index is 13.6. The van der Waals surface area contributed by atoms with E-state index in [2.05, 4.69) is 28.2 Å². The Morgan fingerprint density at radius 1 is 1.53 bits per heavy atom. The Kier molecular flexibility index (Phi) is 6.84. The minimum atomic E-state index is -0.564. The quantitative estimate of drug-likeness (QED) is 0.614. The molecule has 19 heavy (non-hydrogen) atoms. The van der Waals surface area contributed by atoms with Crippen molar-refractivity contribution >= 4 is 21.8 Å². The summed E-state index contributed by atoms with van der Waals surface area (Å²) in [4.78, 5) is 11.8. The van der Waals surface area contributed by atoms with Gasteiger partial charge in [0.25, 0.3) is 5.91 Å². The monoisotopic (exact) mass is 331 g/mol. The molecule has 0 fully saturated rings.